The van der Waals surface area contributed by atoms with Gasteiger partial charge in [0.05, 0.1) is 17.3 Å². The predicted octanol–water partition coefficient (Wildman–Crippen LogP) is 3.79. The minimum Gasteiger partial charge on any atom is -0.370 e. The smallest absolute Gasteiger partial charge is 0.193 e. The van der Waals surface area contributed by atoms with Crippen LogP contribution in [0.15, 0.2) is 41.5 Å². The summed E-state index contributed by atoms with van der Waals surface area (Å²) >= 11 is 5.81. The molecule has 2 rings (SSSR count). The number of aromatic nitrogens is 1. The lowest BCUT2D eigenvalue weighted by molar-refractivity contribution is 0.984. The number of rotatable bonds is 5. The average molecular weight is 317 g/mol. The molecule has 116 valence electrons. The summed E-state index contributed by atoms with van der Waals surface area (Å²) in [6.45, 7) is 4.68. The zero-order valence-electron chi connectivity index (χ0n) is 12.9. The number of nitrogens with one attached hydrogen (secondary N) is 1. The van der Waals surface area contributed by atoms with E-state index in [-0.39, 0.29) is 0 Å². The summed E-state index contributed by atoms with van der Waals surface area (Å²) in [5, 5.41) is 3.85. The van der Waals surface area contributed by atoms with Crippen LogP contribution in [-0.4, -0.2) is 10.9 Å². The lowest BCUT2D eigenvalue weighted by atomic mass is 10.0. The van der Waals surface area contributed by atoms with Crippen molar-refractivity contribution < 1.29 is 0 Å². The van der Waals surface area contributed by atoms with Crippen LogP contribution in [0, 0.1) is 0 Å². The molecule has 0 bridgehead atoms. The van der Waals surface area contributed by atoms with Crippen LogP contribution in [0.1, 0.15) is 30.7 Å². The van der Waals surface area contributed by atoms with Crippen LogP contribution in [0.4, 0.5) is 5.69 Å². The van der Waals surface area contributed by atoms with Crippen LogP contribution in [0.25, 0.3) is 0 Å². The Morgan fingerprint density at radius 3 is 2.41 bits per heavy atom. The van der Waals surface area contributed by atoms with Crippen LogP contribution in [0.3, 0.4) is 0 Å². The topological polar surface area (TPSA) is 63.3 Å². The van der Waals surface area contributed by atoms with Gasteiger partial charge in [0.25, 0.3) is 0 Å². The molecule has 2 aromatic rings. The highest BCUT2D eigenvalue weighted by Crippen LogP contribution is 2.22. The highest BCUT2D eigenvalue weighted by molar-refractivity contribution is 6.30. The summed E-state index contributed by atoms with van der Waals surface area (Å²) in [6.07, 6.45) is 3.50. The summed E-state index contributed by atoms with van der Waals surface area (Å²) in [5.74, 6) is 0.396. The summed E-state index contributed by atoms with van der Waals surface area (Å²) in [6, 6.07) is 9.93. The molecule has 4 nitrogen and oxygen atoms in total. The Bertz CT molecular complexity index is 628. The number of nitrogens with zero attached hydrogens (tertiary/aromatic N) is 2. The zero-order valence-corrected chi connectivity index (χ0v) is 13.7. The maximum atomic E-state index is 6.02. The summed E-state index contributed by atoms with van der Waals surface area (Å²) in [4.78, 5) is 8.55. The van der Waals surface area contributed by atoms with Crippen LogP contribution >= 0.6 is 11.6 Å². The monoisotopic (exact) mass is 316 g/mol. The number of guanidine groups is 1. The standard InChI is InChI=1S/C17H21ClN4/c1-3-12-6-5-7-13(4-2)16(12)22-17(19)21-11-15-9-8-14(18)10-20-15/h5-10H,3-4,11H2,1-2H3,(H3,19,21,22). The number of anilines is 1. The fourth-order valence-corrected chi connectivity index (χ4v) is 2.35. The van der Waals surface area contributed by atoms with Crippen molar-refractivity contribution in [3.63, 3.8) is 0 Å². The Balaban J connectivity index is 2.12. The molecule has 3 N–H and O–H groups in total. The molecule has 0 radical (unpaired) electrons. The Kier molecular flexibility index (Phi) is 5.78. The molecule has 0 saturated carbocycles. The van der Waals surface area contributed by atoms with Gasteiger partial charge in [-0.3, -0.25) is 4.98 Å². The first-order chi connectivity index (χ1) is 10.6. The van der Waals surface area contributed by atoms with Gasteiger partial charge in [-0.25, -0.2) is 4.99 Å². The maximum absolute atomic E-state index is 6.02. The number of pyridine rings is 1. The molecule has 0 unspecified atom stereocenters. The van der Waals surface area contributed by atoms with Gasteiger partial charge in [0.1, 0.15) is 0 Å². The van der Waals surface area contributed by atoms with Gasteiger partial charge in [-0.15, -0.1) is 0 Å². The van der Waals surface area contributed by atoms with Gasteiger partial charge >= 0.3 is 0 Å². The number of para-hydroxylation sites is 1. The van der Waals surface area contributed by atoms with Crippen LogP contribution in [-0.2, 0) is 19.4 Å². The largest absolute Gasteiger partial charge is 0.370 e. The molecule has 0 atom stereocenters. The highest BCUT2D eigenvalue weighted by atomic mass is 35.5. The number of benzene rings is 1. The lowest BCUT2D eigenvalue weighted by Crippen LogP contribution is -2.24. The van der Waals surface area contributed by atoms with E-state index in [1.807, 2.05) is 6.07 Å². The molecule has 22 heavy (non-hydrogen) atoms. The van der Waals surface area contributed by atoms with Crippen molar-refractivity contribution in [2.45, 2.75) is 33.2 Å². The van der Waals surface area contributed by atoms with E-state index in [0.717, 1.165) is 24.2 Å². The number of nitrogens with two attached hydrogens (primary N) is 1. The van der Waals surface area contributed by atoms with E-state index in [1.54, 1.807) is 12.3 Å². The molecule has 0 saturated heterocycles. The first-order valence-corrected chi connectivity index (χ1v) is 7.80. The third kappa shape index (κ3) is 4.21. The third-order valence-corrected chi connectivity index (χ3v) is 3.68. The third-order valence-electron chi connectivity index (χ3n) is 3.45. The predicted molar refractivity (Wildman–Crippen MR) is 93.4 cm³/mol. The number of hydrogen-bond donors (Lipinski definition) is 2. The summed E-state index contributed by atoms with van der Waals surface area (Å²) < 4.78 is 0. The van der Waals surface area contributed by atoms with Gasteiger partial charge in [-0.1, -0.05) is 43.6 Å². The second-order valence-corrected chi connectivity index (χ2v) is 5.39. The van der Waals surface area contributed by atoms with E-state index >= 15 is 0 Å². The van der Waals surface area contributed by atoms with Gasteiger partial charge in [0.2, 0.25) is 0 Å². The first kappa shape index (κ1) is 16.3. The molecular weight excluding hydrogens is 296 g/mol. The minimum absolute atomic E-state index is 0.396. The zero-order chi connectivity index (χ0) is 15.9. The molecule has 0 aliphatic rings. The number of aryl methyl sites for hydroxylation is 2. The van der Waals surface area contributed by atoms with Gasteiger partial charge in [-0.2, -0.15) is 0 Å². The van der Waals surface area contributed by atoms with E-state index in [9.17, 15) is 0 Å². The van der Waals surface area contributed by atoms with Crippen LogP contribution in [0.2, 0.25) is 5.02 Å². The van der Waals surface area contributed by atoms with E-state index in [0.29, 0.717) is 17.5 Å². The van der Waals surface area contributed by atoms with Crippen molar-refractivity contribution >= 4 is 23.2 Å². The Hall–Kier alpha value is -2.07. The van der Waals surface area contributed by atoms with Crippen molar-refractivity contribution in [3.8, 4) is 0 Å². The molecule has 5 heteroatoms. The van der Waals surface area contributed by atoms with Crippen molar-refractivity contribution in [2.75, 3.05) is 5.32 Å². The van der Waals surface area contributed by atoms with Crippen molar-refractivity contribution in [1.29, 1.82) is 0 Å². The maximum Gasteiger partial charge on any atom is 0.193 e. The van der Waals surface area contributed by atoms with Gasteiger partial charge in [0.15, 0.2) is 5.96 Å². The molecule has 0 aliphatic heterocycles. The molecule has 1 aromatic carbocycles. The molecular formula is C17H21ClN4. The van der Waals surface area contributed by atoms with Crippen molar-refractivity contribution in [2.24, 2.45) is 10.7 Å². The van der Waals surface area contributed by atoms with Crippen molar-refractivity contribution in [3.05, 3.63) is 58.4 Å². The Morgan fingerprint density at radius 1 is 1.18 bits per heavy atom. The summed E-state index contributed by atoms with van der Waals surface area (Å²) in [5.41, 5.74) is 10.4. The van der Waals surface area contributed by atoms with E-state index in [2.05, 4.69) is 47.3 Å². The van der Waals surface area contributed by atoms with Gasteiger partial charge in [0, 0.05) is 11.9 Å². The number of hydrogen-bond acceptors (Lipinski definition) is 2. The van der Waals surface area contributed by atoms with Gasteiger partial charge in [-0.05, 0) is 36.1 Å². The Labute approximate surface area is 136 Å². The second-order valence-electron chi connectivity index (χ2n) is 4.95. The lowest BCUT2D eigenvalue weighted by Gasteiger charge is -2.14. The molecule has 1 heterocycles. The summed E-state index contributed by atoms with van der Waals surface area (Å²) in [7, 11) is 0. The fourth-order valence-electron chi connectivity index (χ4n) is 2.24. The minimum atomic E-state index is 0.396. The van der Waals surface area contributed by atoms with Crippen molar-refractivity contribution in [1.82, 2.24) is 4.98 Å². The molecule has 0 spiro atoms. The highest BCUT2D eigenvalue weighted by Gasteiger charge is 2.07. The number of halogens is 1. The second kappa shape index (κ2) is 7.80. The van der Waals surface area contributed by atoms with E-state index in [1.165, 1.54) is 11.1 Å². The molecule has 0 amide bonds. The Morgan fingerprint density at radius 2 is 1.86 bits per heavy atom. The fraction of sp³-hybridized carbons (Fsp3) is 0.294. The molecule has 1 aromatic heterocycles. The van der Waals surface area contributed by atoms with Crippen LogP contribution in [0.5, 0.6) is 0 Å². The average Bonchev–Trinajstić information content (AvgIpc) is 2.54. The quantitative estimate of drug-likeness (QED) is 0.651. The molecule has 0 fully saturated rings. The SMILES string of the molecule is CCc1cccc(CC)c1NC(N)=NCc1ccc(Cl)cn1. The number of aliphatic imine (C=N–C) groups is 1. The van der Waals surface area contributed by atoms with E-state index in [4.69, 9.17) is 17.3 Å². The normalized spacial score (nSPS) is 11.5. The van der Waals surface area contributed by atoms with Crippen LogP contribution < -0.4 is 11.1 Å². The first-order valence-electron chi connectivity index (χ1n) is 7.42. The van der Waals surface area contributed by atoms with Gasteiger partial charge < -0.3 is 11.1 Å². The van der Waals surface area contributed by atoms with E-state index < -0.39 is 0 Å². The molecule has 0 aliphatic carbocycles.